The molecule has 0 aliphatic rings. The molecule has 0 aliphatic heterocycles. The molecule has 22 heavy (non-hydrogen) atoms. The van der Waals surface area contributed by atoms with Crippen LogP contribution in [0.25, 0.3) is 31.9 Å². The van der Waals surface area contributed by atoms with Gasteiger partial charge in [-0.05, 0) is 23.3 Å². The molecule has 3 aromatic carbocycles. The fourth-order valence-electron chi connectivity index (χ4n) is 2.48. The summed E-state index contributed by atoms with van der Waals surface area (Å²) in [6.45, 7) is 0. The molecule has 1 nitrogen and oxygen atoms in total. The lowest BCUT2D eigenvalue weighted by atomic mass is 9.93. The van der Waals surface area contributed by atoms with Crippen LogP contribution in [0.15, 0.2) is 72.8 Å². The molecule has 0 atom stereocenters. The van der Waals surface area contributed by atoms with Gasteiger partial charge < -0.3 is 0 Å². The van der Waals surface area contributed by atoms with Crippen LogP contribution in [0.2, 0.25) is 0 Å². The van der Waals surface area contributed by atoms with E-state index in [0.717, 1.165) is 21.6 Å². The fourth-order valence-corrected chi connectivity index (χ4v) is 3.45. The zero-order valence-corrected chi connectivity index (χ0v) is 12.7. The molecule has 0 saturated heterocycles. The number of rotatable bonds is 2. The van der Waals surface area contributed by atoms with Gasteiger partial charge in [0.15, 0.2) is 0 Å². The zero-order valence-electron chi connectivity index (χ0n) is 11.9. The van der Waals surface area contributed by atoms with Crippen molar-refractivity contribution in [1.82, 2.24) is 4.98 Å². The van der Waals surface area contributed by atoms with Crippen molar-refractivity contribution < 1.29 is 0 Å². The Balaban J connectivity index is 1.70. The van der Waals surface area contributed by atoms with E-state index in [2.05, 4.69) is 42.5 Å². The maximum Gasteiger partial charge on any atom is 0.124 e. The summed E-state index contributed by atoms with van der Waals surface area (Å²) in [6, 6.07) is 24.7. The summed E-state index contributed by atoms with van der Waals surface area (Å²) in [5.41, 5.74) is 5.36. The van der Waals surface area contributed by atoms with Crippen molar-refractivity contribution in [3.05, 3.63) is 72.8 Å². The van der Waals surface area contributed by atoms with Gasteiger partial charge in [-0.3, -0.25) is 0 Å². The number of para-hydroxylation sites is 1. The Bertz CT molecular complexity index is 891. The molecule has 1 aromatic heterocycles. The molecule has 1 heterocycles. The molecule has 4 aromatic rings. The maximum atomic E-state index is 5.73. The Morgan fingerprint density at radius 2 is 1.27 bits per heavy atom. The van der Waals surface area contributed by atoms with E-state index < -0.39 is 0 Å². The Morgan fingerprint density at radius 1 is 0.682 bits per heavy atom. The van der Waals surface area contributed by atoms with Crippen molar-refractivity contribution >= 4 is 34.9 Å². The maximum absolute atomic E-state index is 5.73. The van der Waals surface area contributed by atoms with Crippen molar-refractivity contribution in [3.63, 3.8) is 0 Å². The standard InChI is InChI=1S/C19H12BNS/c20-16-11-9-14(10-12-16)13-5-7-15(8-6-13)19-21-17-3-1-2-4-18(17)22-19/h1-12H. The Kier molecular flexibility index (Phi) is 3.28. The first-order valence-corrected chi connectivity index (χ1v) is 7.93. The van der Waals surface area contributed by atoms with Crippen molar-refractivity contribution in [2.75, 3.05) is 0 Å². The second kappa shape index (κ2) is 5.43. The largest absolute Gasteiger partial charge is 0.236 e. The molecule has 0 amide bonds. The summed E-state index contributed by atoms with van der Waals surface area (Å²) < 4.78 is 1.22. The van der Waals surface area contributed by atoms with E-state index in [4.69, 9.17) is 12.8 Å². The zero-order chi connectivity index (χ0) is 14.9. The Hall–Kier alpha value is -2.39. The molecule has 0 bridgehead atoms. The van der Waals surface area contributed by atoms with Crippen LogP contribution in [0, 0.1) is 0 Å². The van der Waals surface area contributed by atoms with E-state index in [1.807, 2.05) is 30.3 Å². The molecule has 0 unspecified atom stereocenters. The molecule has 2 radical (unpaired) electrons. The van der Waals surface area contributed by atoms with Crippen LogP contribution in [0.5, 0.6) is 0 Å². The Morgan fingerprint density at radius 3 is 1.95 bits per heavy atom. The number of benzene rings is 3. The molecule has 102 valence electrons. The quantitative estimate of drug-likeness (QED) is 0.499. The predicted octanol–water partition coefficient (Wildman–Crippen LogP) is 4.42. The number of hydrogen-bond acceptors (Lipinski definition) is 2. The molecule has 0 N–H and O–H groups in total. The van der Waals surface area contributed by atoms with Gasteiger partial charge in [-0.25, -0.2) is 4.98 Å². The van der Waals surface area contributed by atoms with Gasteiger partial charge in [0.1, 0.15) is 12.9 Å². The average Bonchev–Trinajstić information content (AvgIpc) is 3.00. The van der Waals surface area contributed by atoms with Crippen LogP contribution in [0.1, 0.15) is 0 Å². The van der Waals surface area contributed by atoms with E-state index in [1.165, 1.54) is 15.8 Å². The van der Waals surface area contributed by atoms with Gasteiger partial charge >= 0.3 is 0 Å². The highest BCUT2D eigenvalue weighted by molar-refractivity contribution is 7.21. The third-order valence-corrected chi connectivity index (χ3v) is 4.76. The number of hydrogen-bond donors (Lipinski definition) is 0. The normalized spacial score (nSPS) is 10.9. The van der Waals surface area contributed by atoms with Gasteiger partial charge in [-0.2, -0.15) is 0 Å². The highest BCUT2D eigenvalue weighted by Crippen LogP contribution is 2.31. The molecule has 0 saturated carbocycles. The first-order chi connectivity index (χ1) is 10.8. The predicted molar refractivity (Wildman–Crippen MR) is 95.9 cm³/mol. The second-order valence-electron chi connectivity index (χ2n) is 5.19. The van der Waals surface area contributed by atoms with E-state index in [1.54, 1.807) is 11.3 Å². The average molecular weight is 297 g/mol. The number of aromatic nitrogens is 1. The van der Waals surface area contributed by atoms with E-state index in [-0.39, 0.29) is 0 Å². The van der Waals surface area contributed by atoms with Gasteiger partial charge in [0.05, 0.1) is 10.2 Å². The van der Waals surface area contributed by atoms with Crippen LogP contribution in [-0.4, -0.2) is 12.8 Å². The third-order valence-electron chi connectivity index (χ3n) is 3.67. The molecular weight excluding hydrogens is 285 g/mol. The van der Waals surface area contributed by atoms with Gasteiger partial charge in [0, 0.05) is 5.56 Å². The second-order valence-corrected chi connectivity index (χ2v) is 6.22. The van der Waals surface area contributed by atoms with E-state index in [0.29, 0.717) is 0 Å². The molecule has 0 aliphatic carbocycles. The highest BCUT2D eigenvalue weighted by Gasteiger charge is 2.06. The summed E-state index contributed by atoms with van der Waals surface area (Å²) in [5.74, 6) is 0. The van der Waals surface area contributed by atoms with Crippen LogP contribution < -0.4 is 5.46 Å². The topological polar surface area (TPSA) is 12.9 Å². The number of fused-ring (bicyclic) bond motifs is 1. The first-order valence-electron chi connectivity index (χ1n) is 7.11. The summed E-state index contributed by atoms with van der Waals surface area (Å²) in [7, 11) is 5.73. The minimum absolute atomic E-state index is 0.787. The minimum Gasteiger partial charge on any atom is -0.236 e. The lowest BCUT2D eigenvalue weighted by Crippen LogP contribution is -1.99. The van der Waals surface area contributed by atoms with Gasteiger partial charge in [-0.15, -0.1) is 11.3 Å². The SMILES string of the molecule is [B]c1ccc(-c2ccc(-c3nc4ccccc4s3)cc2)cc1. The molecule has 3 heteroatoms. The molecule has 4 rings (SSSR count). The van der Waals surface area contributed by atoms with Gasteiger partial charge in [-0.1, -0.05) is 66.1 Å². The van der Waals surface area contributed by atoms with Crippen LogP contribution in [0.3, 0.4) is 0 Å². The minimum atomic E-state index is 0.787. The smallest absolute Gasteiger partial charge is 0.124 e. The fraction of sp³-hybridized carbons (Fsp3) is 0. The molecule has 0 spiro atoms. The van der Waals surface area contributed by atoms with Crippen molar-refractivity contribution in [1.29, 1.82) is 0 Å². The van der Waals surface area contributed by atoms with E-state index in [9.17, 15) is 0 Å². The van der Waals surface area contributed by atoms with Crippen LogP contribution in [-0.2, 0) is 0 Å². The van der Waals surface area contributed by atoms with Crippen LogP contribution in [0.4, 0.5) is 0 Å². The number of thiazole rings is 1. The summed E-state index contributed by atoms with van der Waals surface area (Å²) in [4.78, 5) is 4.70. The monoisotopic (exact) mass is 297 g/mol. The Labute approximate surface area is 134 Å². The molecule has 0 fully saturated rings. The third kappa shape index (κ3) is 2.44. The van der Waals surface area contributed by atoms with Gasteiger partial charge in [0.2, 0.25) is 0 Å². The lowest BCUT2D eigenvalue weighted by Gasteiger charge is -2.03. The van der Waals surface area contributed by atoms with Crippen molar-refractivity contribution in [2.45, 2.75) is 0 Å². The highest BCUT2D eigenvalue weighted by atomic mass is 32.1. The molecular formula is C19H12BNS. The number of nitrogens with zero attached hydrogens (tertiary/aromatic N) is 1. The first kappa shape index (κ1) is 13.3. The van der Waals surface area contributed by atoms with Crippen molar-refractivity contribution in [3.8, 4) is 21.7 Å². The van der Waals surface area contributed by atoms with Crippen LogP contribution >= 0.6 is 11.3 Å². The summed E-state index contributed by atoms with van der Waals surface area (Å²) in [5, 5.41) is 1.06. The lowest BCUT2D eigenvalue weighted by molar-refractivity contribution is 1.48. The summed E-state index contributed by atoms with van der Waals surface area (Å²) in [6.07, 6.45) is 0. The van der Waals surface area contributed by atoms with Crippen molar-refractivity contribution in [2.24, 2.45) is 0 Å². The summed E-state index contributed by atoms with van der Waals surface area (Å²) >= 11 is 1.73. The van der Waals surface area contributed by atoms with Gasteiger partial charge in [0.25, 0.3) is 0 Å². The van der Waals surface area contributed by atoms with E-state index >= 15 is 0 Å².